The summed E-state index contributed by atoms with van der Waals surface area (Å²) >= 11 is 0. The van der Waals surface area contributed by atoms with Gasteiger partial charge in [-0.15, -0.1) is 0 Å². The second-order valence-electron chi connectivity index (χ2n) is 10.0. The molecule has 39 heavy (non-hydrogen) atoms. The topological polar surface area (TPSA) is 110 Å². The molecule has 1 fully saturated rings. The van der Waals surface area contributed by atoms with Crippen LogP contribution in [0.3, 0.4) is 0 Å². The lowest BCUT2D eigenvalue weighted by molar-refractivity contribution is -0.131. The van der Waals surface area contributed by atoms with Gasteiger partial charge in [-0.2, -0.15) is 5.10 Å². The first-order chi connectivity index (χ1) is 18.8. The Morgan fingerprint density at radius 2 is 1.92 bits per heavy atom. The van der Waals surface area contributed by atoms with Gasteiger partial charge in [0.25, 0.3) is 5.91 Å². The summed E-state index contributed by atoms with van der Waals surface area (Å²) in [4.78, 5) is 23.2. The average Bonchev–Trinajstić information content (AvgIpc) is 3.48. The monoisotopic (exact) mass is 523 g/mol. The van der Waals surface area contributed by atoms with E-state index in [1.54, 1.807) is 22.7 Å². The van der Waals surface area contributed by atoms with E-state index in [2.05, 4.69) is 20.4 Å². The van der Waals surface area contributed by atoms with Crippen LogP contribution in [0.4, 0.5) is 11.5 Å². The number of nitrogens with one attached hydrogen (secondary N) is 1. The van der Waals surface area contributed by atoms with Gasteiger partial charge in [0.15, 0.2) is 5.82 Å². The number of aliphatic hydroxyl groups is 1. The number of fused-ring (bicyclic) bond motifs is 2. The summed E-state index contributed by atoms with van der Waals surface area (Å²) in [6.07, 6.45) is 5.22. The van der Waals surface area contributed by atoms with Crippen LogP contribution in [0.25, 0.3) is 16.6 Å². The zero-order valence-corrected chi connectivity index (χ0v) is 22.2. The Morgan fingerprint density at radius 1 is 1.10 bits per heavy atom. The summed E-state index contributed by atoms with van der Waals surface area (Å²) in [5.74, 6) is 2.25. The highest BCUT2D eigenvalue weighted by molar-refractivity contribution is 5.94. The van der Waals surface area contributed by atoms with E-state index in [0.717, 1.165) is 44.9 Å². The summed E-state index contributed by atoms with van der Waals surface area (Å²) in [5, 5.41) is 17.5. The maximum Gasteiger partial charge on any atom is 0.252 e. The van der Waals surface area contributed by atoms with E-state index in [1.807, 2.05) is 67.2 Å². The lowest BCUT2D eigenvalue weighted by atomic mass is 9.91. The molecule has 0 unspecified atom stereocenters. The summed E-state index contributed by atoms with van der Waals surface area (Å²) in [6, 6.07) is 13.8. The molecule has 1 aliphatic rings. The second kappa shape index (κ2) is 9.46. The molecule has 4 heterocycles. The summed E-state index contributed by atoms with van der Waals surface area (Å²) in [5.41, 5.74) is 6.10. The van der Waals surface area contributed by atoms with Crippen molar-refractivity contribution < 1.29 is 14.6 Å². The zero-order chi connectivity index (χ0) is 27.3. The molecule has 10 nitrogen and oxygen atoms in total. The standard InChI is InChI=1S/C29H29N7O3/c1-17-11-21(5-8-26(17)39-22-6-7-25-24(12-22)31-16-34(25)4)33-28-27-23(9-10-36(27)32-15-30-28)20-13-35(14-20)29(38)18(2)19(3)37/h5-12,15-16,20,37H,13-14H2,1-4H3,(H,30,32,33)/b19-18-. The largest absolute Gasteiger partial charge is 0.512 e. The van der Waals surface area contributed by atoms with E-state index in [4.69, 9.17) is 4.74 Å². The minimum Gasteiger partial charge on any atom is -0.512 e. The van der Waals surface area contributed by atoms with Gasteiger partial charge in [0, 0.05) is 44.0 Å². The number of benzene rings is 2. The Balaban J connectivity index is 1.21. The summed E-state index contributed by atoms with van der Waals surface area (Å²) in [7, 11) is 1.97. The Morgan fingerprint density at radius 3 is 2.69 bits per heavy atom. The van der Waals surface area contributed by atoms with Crippen LogP contribution in [0.5, 0.6) is 11.5 Å². The van der Waals surface area contributed by atoms with Gasteiger partial charge >= 0.3 is 0 Å². The third-order valence-corrected chi connectivity index (χ3v) is 7.32. The second-order valence-corrected chi connectivity index (χ2v) is 10.0. The van der Waals surface area contributed by atoms with Crippen molar-refractivity contribution in [3.63, 3.8) is 0 Å². The highest BCUT2D eigenvalue weighted by atomic mass is 16.5. The lowest BCUT2D eigenvalue weighted by Gasteiger charge is -2.39. The number of aliphatic hydroxyl groups excluding tert-OH is 1. The van der Waals surface area contributed by atoms with Gasteiger partial charge in [0.1, 0.15) is 23.3 Å². The van der Waals surface area contributed by atoms with Crippen LogP contribution < -0.4 is 10.1 Å². The Bertz CT molecular complexity index is 1760. The van der Waals surface area contributed by atoms with Gasteiger partial charge < -0.3 is 24.6 Å². The van der Waals surface area contributed by atoms with Crippen molar-refractivity contribution in [2.45, 2.75) is 26.7 Å². The molecule has 3 aromatic heterocycles. The molecular formula is C29H29N7O3. The Hall–Kier alpha value is -4.86. The van der Waals surface area contributed by atoms with Gasteiger partial charge in [-0.1, -0.05) is 0 Å². The number of hydrogen-bond donors (Lipinski definition) is 2. The molecule has 0 bridgehead atoms. The number of allylic oxidation sites excluding steroid dienone is 1. The van der Waals surface area contributed by atoms with Crippen molar-refractivity contribution in [1.29, 1.82) is 0 Å². The van der Waals surface area contributed by atoms with Crippen LogP contribution in [-0.4, -0.2) is 53.2 Å². The average molecular weight is 524 g/mol. The molecular weight excluding hydrogens is 494 g/mol. The fourth-order valence-electron chi connectivity index (χ4n) is 4.92. The molecule has 1 aliphatic heterocycles. The number of carbonyl (C=O) groups is 1. The quantitative estimate of drug-likeness (QED) is 0.231. The van der Waals surface area contributed by atoms with Crippen LogP contribution in [0, 0.1) is 6.92 Å². The minimum absolute atomic E-state index is 0.0543. The fourth-order valence-corrected chi connectivity index (χ4v) is 4.92. The van der Waals surface area contributed by atoms with Crippen LogP contribution in [0.2, 0.25) is 0 Å². The van der Waals surface area contributed by atoms with Crippen LogP contribution in [0.15, 0.2) is 72.6 Å². The lowest BCUT2D eigenvalue weighted by Crippen LogP contribution is -2.48. The van der Waals surface area contributed by atoms with Gasteiger partial charge in [0.2, 0.25) is 0 Å². The first-order valence-electron chi connectivity index (χ1n) is 12.7. The highest BCUT2D eigenvalue weighted by Gasteiger charge is 2.34. The van der Waals surface area contributed by atoms with Gasteiger partial charge in [-0.25, -0.2) is 14.5 Å². The van der Waals surface area contributed by atoms with Crippen LogP contribution in [-0.2, 0) is 11.8 Å². The molecule has 0 radical (unpaired) electrons. The maximum atomic E-state index is 12.5. The molecule has 1 saturated heterocycles. The predicted octanol–water partition coefficient (Wildman–Crippen LogP) is 5.24. The summed E-state index contributed by atoms with van der Waals surface area (Å²) < 4.78 is 9.94. The van der Waals surface area contributed by atoms with Crippen molar-refractivity contribution in [2.24, 2.45) is 7.05 Å². The number of hydrogen-bond acceptors (Lipinski definition) is 7. The predicted molar refractivity (Wildman–Crippen MR) is 149 cm³/mol. The molecule has 1 amide bonds. The van der Waals surface area contributed by atoms with E-state index in [1.165, 1.54) is 13.3 Å². The normalized spacial score (nSPS) is 14.4. The molecule has 5 aromatic rings. The Kier molecular flexibility index (Phi) is 5.94. The highest BCUT2D eigenvalue weighted by Crippen LogP contribution is 2.35. The minimum atomic E-state index is -0.137. The van der Waals surface area contributed by atoms with Gasteiger partial charge in [-0.3, -0.25) is 4.79 Å². The number of anilines is 2. The molecule has 0 atom stereocenters. The van der Waals surface area contributed by atoms with Crippen LogP contribution >= 0.6 is 0 Å². The summed E-state index contributed by atoms with van der Waals surface area (Å²) in [6.45, 7) is 6.33. The molecule has 10 heteroatoms. The first kappa shape index (κ1) is 24.5. The van der Waals surface area contributed by atoms with E-state index in [9.17, 15) is 9.90 Å². The third kappa shape index (κ3) is 4.43. The van der Waals surface area contributed by atoms with Crippen molar-refractivity contribution in [3.8, 4) is 11.5 Å². The number of ether oxygens (including phenoxy) is 1. The molecule has 2 aromatic carbocycles. The zero-order valence-electron chi connectivity index (χ0n) is 22.2. The van der Waals surface area contributed by atoms with Crippen molar-refractivity contribution >= 4 is 34.0 Å². The molecule has 2 N–H and O–H groups in total. The first-order valence-corrected chi connectivity index (χ1v) is 12.7. The number of imidazole rings is 1. The Labute approximate surface area is 225 Å². The van der Waals surface area contributed by atoms with Crippen LogP contribution in [0.1, 0.15) is 30.9 Å². The number of amides is 1. The molecule has 198 valence electrons. The van der Waals surface area contributed by atoms with E-state index >= 15 is 0 Å². The maximum absolute atomic E-state index is 12.5. The number of carbonyl (C=O) groups excluding carboxylic acids is 1. The van der Waals surface area contributed by atoms with E-state index < -0.39 is 0 Å². The van der Waals surface area contributed by atoms with Crippen molar-refractivity contribution in [1.82, 2.24) is 29.0 Å². The number of aryl methyl sites for hydroxylation is 2. The number of aromatic nitrogens is 5. The number of nitrogens with zero attached hydrogens (tertiary/aromatic N) is 6. The van der Waals surface area contributed by atoms with E-state index in [-0.39, 0.29) is 17.6 Å². The third-order valence-electron chi connectivity index (χ3n) is 7.32. The molecule has 0 spiro atoms. The smallest absolute Gasteiger partial charge is 0.252 e. The van der Waals surface area contributed by atoms with E-state index in [0.29, 0.717) is 24.5 Å². The SMILES string of the molecule is C/C(O)=C(\C)C(=O)N1CC(c2ccn3ncnc(Nc4ccc(Oc5ccc6c(c5)ncn6C)c(C)c4)c23)C1. The van der Waals surface area contributed by atoms with Gasteiger partial charge in [0.05, 0.1) is 28.7 Å². The molecule has 0 saturated carbocycles. The fraction of sp³-hybridized carbons (Fsp3) is 0.241. The number of rotatable bonds is 6. The molecule has 6 rings (SSSR count). The molecule has 0 aliphatic carbocycles. The van der Waals surface area contributed by atoms with Crippen molar-refractivity contribution in [3.05, 3.63) is 83.8 Å². The van der Waals surface area contributed by atoms with Crippen molar-refractivity contribution in [2.75, 3.05) is 18.4 Å². The number of likely N-dealkylation sites (tertiary alicyclic amines) is 1. The van der Waals surface area contributed by atoms with Gasteiger partial charge in [-0.05, 0) is 68.3 Å².